The third-order valence-electron chi connectivity index (χ3n) is 2.72. The molecule has 3 N–H and O–H groups in total. The maximum absolute atomic E-state index is 11.0. The molecule has 1 amide bonds. The van der Waals surface area contributed by atoms with Crippen LogP contribution in [-0.2, 0) is 4.79 Å². The molecule has 1 aliphatic rings. The van der Waals surface area contributed by atoms with Gasteiger partial charge in [-0.3, -0.25) is 9.79 Å². The molecule has 0 radical (unpaired) electrons. The minimum Gasteiger partial charge on any atom is -0.492 e. The summed E-state index contributed by atoms with van der Waals surface area (Å²) in [5.74, 6) is 1.46. The Morgan fingerprint density at radius 3 is 3.10 bits per heavy atom. The second-order valence-electron chi connectivity index (χ2n) is 4.72. The number of aliphatic imine (C=N–C) groups is 1. The van der Waals surface area contributed by atoms with Gasteiger partial charge in [0, 0.05) is 24.7 Å². The maximum atomic E-state index is 11.0. The quantitative estimate of drug-likeness (QED) is 0.700. The van der Waals surface area contributed by atoms with Crippen LogP contribution in [0.5, 0.6) is 5.75 Å². The first-order chi connectivity index (χ1) is 9.63. The van der Waals surface area contributed by atoms with Gasteiger partial charge in [-0.05, 0) is 19.1 Å². The number of hydrogen-bond donors (Lipinski definition) is 3. The molecular weight excluding hydrogens is 256 g/mol. The molecule has 1 atom stereocenters. The van der Waals surface area contributed by atoms with Gasteiger partial charge < -0.3 is 20.7 Å². The summed E-state index contributed by atoms with van der Waals surface area (Å²) in [5.41, 5.74) is 0.735. The van der Waals surface area contributed by atoms with Crippen LogP contribution in [0.3, 0.4) is 0 Å². The maximum Gasteiger partial charge on any atom is 0.221 e. The summed E-state index contributed by atoms with van der Waals surface area (Å²) in [6.07, 6.45) is 0. The minimum atomic E-state index is -0.0942. The standard InChI is InChI=1S/C14H20N4O2/c1-10-9-16-14(17-10)15-6-7-20-13-5-3-4-12(8-13)18-11(2)19/h3-5,8,10H,6-7,9H2,1-2H3,(H,18,19)(H2,15,16,17). The van der Waals surface area contributed by atoms with Gasteiger partial charge in [0.15, 0.2) is 5.96 Å². The van der Waals surface area contributed by atoms with Crippen LogP contribution in [0.1, 0.15) is 13.8 Å². The SMILES string of the molecule is CC(=O)Nc1cccc(OCCNC2=NCC(C)N2)c1. The van der Waals surface area contributed by atoms with Crippen LogP contribution in [0.4, 0.5) is 5.69 Å². The highest BCUT2D eigenvalue weighted by molar-refractivity contribution is 5.88. The van der Waals surface area contributed by atoms with E-state index in [0.29, 0.717) is 19.2 Å². The highest BCUT2D eigenvalue weighted by Crippen LogP contribution is 2.16. The normalized spacial score (nSPS) is 17.1. The highest BCUT2D eigenvalue weighted by atomic mass is 16.5. The molecular formula is C14H20N4O2. The molecule has 2 rings (SSSR count). The Balaban J connectivity index is 1.72. The Labute approximate surface area is 118 Å². The molecule has 1 aromatic rings. The fourth-order valence-electron chi connectivity index (χ4n) is 1.87. The van der Waals surface area contributed by atoms with Crippen molar-refractivity contribution < 1.29 is 9.53 Å². The lowest BCUT2D eigenvalue weighted by molar-refractivity contribution is -0.114. The Bertz CT molecular complexity index is 502. The van der Waals surface area contributed by atoms with E-state index in [4.69, 9.17) is 4.74 Å². The van der Waals surface area contributed by atoms with Gasteiger partial charge in [0.2, 0.25) is 5.91 Å². The lowest BCUT2D eigenvalue weighted by atomic mass is 10.3. The van der Waals surface area contributed by atoms with E-state index in [1.54, 1.807) is 6.07 Å². The molecule has 6 heteroatoms. The Morgan fingerprint density at radius 1 is 1.55 bits per heavy atom. The predicted octanol–water partition coefficient (Wildman–Crippen LogP) is 0.961. The molecule has 108 valence electrons. The summed E-state index contributed by atoms with van der Waals surface area (Å²) < 4.78 is 5.62. The molecule has 6 nitrogen and oxygen atoms in total. The number of guanidine groups is 1. The monoisotopic (exact) mass is 276 g/mol. The van der Waals surface area contributed by atoms with Gasteiger partial charge in [0.1, 0.15) is 12.4 Å². The van der Waals surface area contributed by atoms with Crippen molar-refractivity contribution in [3.63, 3.8) is 0 Å². The van der Waals surface area contributed by atoms with Crippen LogP contribution in [0.25, 0.3) is 0 Å². The lowest BCUT2D eigenvalue weighted by Crippen LogP contribution is -2.39. The van der Waals surface area contributed by atoms with Crippen molar-refractivity contribution in [2.75, 3.05) is 25.0 Å². The smallest absolute Gasteiger partial charge is 0.221 e. The first-order valence-electron chi connectivity index (χ1n) is 6.69. The number of nitrogens with one attached hydrogen (secondary N) is 3. The number of carbonyl (C=O) groups excluding carboxylic acids is 1. The minimum absolute atomic E-state index is 0.0942. The van der Waals surface area contributed by atoms with E-state index in [-0.39, 0.29) is 5.91 Å². The number of anilines is 1. The van der Waals surface area contributed by atoms with E-state index in [2.05, 4.69) is 27.9 Å². The summed E-state index contributed by atoms with van der Waals surface area (Å²) in [4.78, 5) is 15.3. The van der Waals surface area contributed by atoms with E-state index in [1.165, 1.54) is 6.92 Å². The van der Waals surface area contributed by atoms with E-state index in [1.807, 2.05) is 18.2 Å². The van der Waals surface area contributed by atoms with E-state index in [9.17, 15) is 4.79 Å². The number of nitrogens with zero attached hydrogens (tertiary/aromatic N) is 1. The zero-order valence-corrected chi connectivity index (χ0v) is 11.8. The van der Waals surface area contributed by atoms with Crippen LogP contribution in [-0.4, -0.2) is 37.6 Å². The fourth-order valence-corrected chi connectivity index (χ4v) is 1.87. The summed E-state index contributed by atoms with van der Waals surface area (Å²) in [7, 11) is 0. The van der Waals surface area contributed by atoms with Crippen molar-refractivity contribution in [2.45, 2.75) is 19.9 Å². The molecule has 0 saturated carbocycles. The van der Waals surface area contributed by atoms with Crippen LogP contribution < -0.4 is 20.7 Å². The molecule has 1 aliphatic heterocycles. The summed E-state index contributed by atoms with van der Waals surface area (Å²) in [6, 6.07) is 7.73. The fraction of sp³-hybridized carbons (Fsp3) is 0.429. The first kappa shape index (κ1) is 14.2. The molecule has 20 heavy (non-hydrogen) atoms. The number of amides is 1. The number of ether oxygens (including phenoxy) is 1. The molecule has 0 aromatic heterocycles. The van der Waals surface area contributed by atoms with Crippen molar-refractivity contribution in [3.8, 4) is 5.75 Å². The first-order valence-corrected chi connectivity index (χ1v) is 6.69. The predicted molar refractivity (Wildman–Crippen MR) is 79.1 cm³/mol. The number of benzene rings is 1. The molecule has 1 unspecified atom stereocenters. The van der Waals surface area contributed by atoms with Gasteiger partial charge in [-0.1, -0.05) is 6.07 Å². The largest absolute Gasteiger partial charge is 0.492 e. The van der Waals surface area contributed by atoms with Gasteiger partial charge in [0.25, 0.3) is 0 Å². The summed E-state index contributed by atoms with van der Waals surface area (Å²) >= 11 is 0. The molecule has 0 aliphatic carbocycles. The van der Waals surface area contributed by atoms with Gasteiger partial charge in [-0.15, -0.1) is 0 Å². The average molecular weight is 276 g/mol. The third-order valence-corrected chi connectivity index (χ3v) is 2.72. The summed E-state index contributed by atoms with van der Waals surface area (Å²) in [5, 5.41) is 9.11. The van der Waals surface area contributed by atoms with E-state index in [0.717, 1.165) is 23.9 Å². The third kappa shape index (κ3) is 4.46. The summed E-state index contributed by atoms with van der Waals surface area (Å²) in [6.45, 7) is 5.57. The second-order valence-corrected chi connectivity index (χ2v) is 4.72. The Hall–Kier alpha value is -2.24. The topological polar surface area (TPSA) is 74.8 Å². The van der Waals surface area contributed by atoms with Crippen molar-refractivity contribution in [2.24, 2.45) is 4.99 Å². The van der Waals surface area contributed by atoms with Gasteiger partial charge >= 0.3 is 0 Å². The molecule has 1 heterocycles. The number of hydrogen-bond acceptors (Lipinski definition) is 5. The zero-order valence-electron chi connectivity index (χ0n) is 11.8. The van der Waals surface area contributed by atoms with Crippen molar-refractivity contribution in [3.05, 3.63) is 24.3 Å². The molecule has 1 aromatic carbocycles. The van der Waals surface area contributed by atoms with Crippen LogP contribution in [0, 0.1) is 0 Å². The van der Waals surface area contributed by atoms with Gasteiger partial charge in [0.05, 0.1) is 13.1 Å². The Morgan fingerprint density at radius 2 is 2.40 bits per heavy atom. The second kappa shape index (κ2) is 6.79. The number of carbonyl (C=O) groups is 1. The highest BCUT2D eigenvalue weighted by Gasteiger charge is 2.11. The van der Waals surface area contributed by atoms with Crippen molar-refractivity contribution in [1.29, 1.82) is 0 Å². The van der Waals surface area contributed by atoms with Crippen molar-refractivity contribution >= 4 is 17.6 Å². The zero-order chi connectivity index (χ0) is 14.4. The molecule has 0 saturated heterocycles. The van der Waals surface area contributed by atoms with Gasteiger partial charge in [-0.2, -0.15) is 0 Å². The van der Waals surface area contributed by atoms with Crippen LogP contribution in [0.15, 0.2) is 29.3 Å². The number of rotatable bonds is 5. The van der Waals surface area contributed by atoms with Crippen LogP contribution >= 0.6 is 0 Å². The van der Waals surface area contributed by atoms with Gasteiger partial charge in [-0.25, -0.2) is 0 Å². The lowest BCUT2D eigenvalue weighted by Gasteiger charge is -2.11. The molecule has 0 bridgehead atoms. The van der Waals surface area contributed by atoms with Crippen LogP contribution in [0.2, 0.25) is 0 Å². The Kier molecular flexibility index (Phi) is 4.81. The van der Waals surface area contributed by atoms with E-state index < -0.39 is 0 Å². The molecule has 0 fully saturated rings. The van der Waals surface area contributed by atoms with Crippen molar-refractivity contribution in [1.82, 2.24) is 10.6 Å². The van der Waals surface area contributed by atoms with E-state index >= 15 is 0 Å². The molecule has 0 spiro atoms. The average Bonchev–Trinajstić information content (AvgIpc) is 2.80.